The highest BCUT2D eigenvalue weighted by Gasteiger charge is 2.29. The second-order valence-corrected chi connectivity index (χ2v) is 8.04. The molecule has 0 radical (unpaired) electrons. The number of nitrogens with zero attached hydrogens (tertiary/aromatic N) is 1. The first-order chi connectivity index (χ1) is 15.3. The number of hydrogen-bond acceptors (Lipinski definition) is 4. The molecule has 0 aliphatic carbocycles. The number of para-hydroxylation sites is 1. The van der Waals surface area contributed by atoms with Gasteiger partial charge in [0.1, 0.15) is 0 Å². The van der Waals surface area contributed by atoms with Crippen molar-refractivity contribution < 1.29 is 19.2 Å². The lowest BCUT2D eigenvalue weighted by Crippen LogP contribution is -2.43. The van der Waals surface area contributed by atoms with Crippen molar-refractivity contribution in [2.24, 2.45) is 11.7 Å². The molecule has 9 heteroatoms. The van der Waals surface area contributed by atoms with Gasteiger partial charge >= 0.3 is 0 Å². The minimum absolute atomic E-state index is 0.0276. The van der Waals surface area contributed by atoms with E-state index in [1.165, 1.54) is 0 Å². The van der Waals surface area contributed by atoms with Crippen LogP contribution in [0.25, 0.3) is 0 Å². The monoisotopic (exact) mass is 456 g/mol. The summed E-state index contributed by atoms with van der Waals surface area (Å²) in [5.41, 5.74) is 6.27. The molecule has 0 saturated carbocycles. The molecule has 1 atom stereocenters. The van der Waals surface area contributed by atoms with E-state index >= 15 is 0 Å². The fraction of sp³-hybridized carbons (Fsp3) is 0.304. The molecule has 1 saturated heterocycles. The quantitative estimate of drug-likeness (QED) is 0.592. The van der Waals surface area contributed by atoms with Gasteiger partial charge < -0.3 is 21.3 Å². The molecule has 0 aromatic heterocycles. The smallest absolute Gasteiger partial charge is 0.253 e. The Morgan fingerprint density at radius 1 is 1.06 bits per heavy atom. The van der Waals surface area contributed by atoms with Crippen molar-refractivity contribution in [2.45, 2.75) is 19.3 Å². The maximum atomic E-state index is 12.9. The van der Waals surface area contributed by atoms with Crippen molar-refractivity contribution in [1.29, 1.82) is 0 Å². The Labute approximate surface area is 191 Å². The predicted octanol–water partition coefficient (Wildman–Crippen LogP) is 2.44. The molecule has 3 rings (SSSR count). The molecular weight excluding hydrogens is 432 g/mol. The molecule has 2 aromatic carbocycles. The number of rotatable bonds is 7. The summed E-state index contributed by atoms with van der Waals surface area (Å²) in [6.45, 7) is 0.977. The Morgan fingerprint density at radius 3 is 2.50 bits per heavy atom. The number of benzene rings is 2. The summed E-state index contributed by atoms with van der Waals surface area (Å²) in [4.78, 5) is 50.7. The van der Waals surface area contributed by atoms with Gasteiger partial charge in [-0.1, -0.05) is 23.7 Å². The first-order valence-corrected chi connectivity index (χ1v) is 10.7. The van der Waals surface area contributed by atoms with Crippen molar-refractivity contribution in [3.8, 4) is 0 Å². The molecule has 8 nitrogen and oxygen atoms in total. The average Bonchev–Trinajstić information content (AvgIpc) is 2.79. The maximum absolute atomic E-state index is 12.9. The van der Waals surface area contributed by atoms with E-state index in [2.05, 4.69) is 10.6 Å². The van der Waals surface area contributed by atoms with Crippen LogP contribution in [-0.4, -0.2) is 48.2 Å². The number of nitrogens with two attached hydrogens (primary N) is 1. The van der Waals surface area contributed by atoms with Gasteiger partial charge in [0, 0.05) is 36.6 Å². The minimum Gasteiger partial charge on any atom is -0.370 e. The van der Waals surface area contributed by atoms with Gasteiger partial charge in [-0.25, -0.2) is 0 Å². The van der Waals surface area contributed by atoms with Crippen LogP contribution in [0.2, 0.25) is 5.02 Å². The summed E-state index contributed by atoms with van der Waals surface area (Å²) in [6.07, 6.45) is 1.37. The van der Waals surface area contributed by atoms with E-state index < -0.39 is 17.7 Å². The summed E-state index contributed by atoms with van der Waals surface area (Å²) in [7, 11) is 0. The highest BCUT2D eigenvalue weighted by molar-refractivity contribution is 6.30. The third kappa shape index (κ3) is 6.07. The lowest BCUT2D eigenvalue weighted by molar-refractivity contribution is -0.121. The SMILES string of the molecule is NC(=O)CCNC(=O)c1ccccc1NC(=O)C1CCCN(C(=O)c2ccc(Cl)cc2)C1. The molecule has 4 amide bonds. The molecule has 1 heterocycles. The highest BCUT2D eigenvalue weighted by atomic mass is 35.5. The van der Waals surface area contributed by atoms with Crippen molar-refractivity contribution >= 4 is 40.9 Å². The number of hydrogen-bond donors (Lipinski definition) is 3. The second-order valence-electron chi connectivity index (χ2n) is 7.60. The van der Waals surface area contributed by atoms with Crippen LogP contribution in [0, 0.1) is 5.92 Å². The van der Waals surface area contributed by atoms with Gasteiger partial charge in [-0.15, -0.1) is 0 Å². The number of likely N-dealkylation sites (tertiary alicyclic amines) is 1. The molecule has 168 valence electrons. The average molecular weight is 457 g/mol. The number of piperidine rings is 1. The largest absolute Gasteiger partial charge is 0.370 e. The molecule has 0 bridgehead atoms. The highest BCUT2D eigenvalue weighted by Crippen LogP contribution is 2.22. The molecule has 2 aromatic rings. The van der Waals surface area contributed by atoms with Crippen molar-refractivity contribution in [3.63, 3.8) is 0 Å². The second kappa shape index (κ2) is 10.8. The standard InChI is InChI=1S/C23H25ClN4O4/c24-17-9-7-15(8-10-17)23(32)28-13-3-4-16(14-28)21(30)27-19-6-2-1-5-18(19)22(31)26-12-11-20(25)29/h1-2,5-10,16H,3-4,11-14H2,(H2,25,29)(H,26,31)(H,27,30). The van der Waals surface area contributed by atoms with Crippen LogP contribution in [0.1, 0.15) is 40.0 Å². The summed E-state index contributed by atoms with van der Waals surface area (Å²) in [6, 6.07) is 13.3. The van der Waals surface area contributed by atoms with Gasteiger partial charge in [0.15, 0.2) is 0 Å². The van der Waals surface area contributed by atoms with Crippen LogP contribution in [0.5, 0.6) is 0 Å². The van der Waals surface area contributed by atoms with Gasteiger partial charge in [-0.3, -0.25) is 19.2 Å². The number of amides is 4. The zero-order valence-corrected chi connectivity index (χ0v) is 18.2. The molecule has 1 aliphatic rings. The first-order valence-electron chi connectivity index (χ1n) is 10.4. The number of carbonyl (C=O) groups is 4. The molecule has 4 N–H and O–H groups in total. The third-order valence-corrected chi connectivity index (χ3v) is 5.51. The van der Waals surface area contributed by atoms with E-state index in [4.69, 9.17) is 17.3 Å². The predicted molar refractivity (Wildman–Crippen MR) is 121 cm³/mol. The van der Waals surface area contributed by atoms with Gasteiger partial charge in [-0.05, 0) is 49.2 Å². The minimum atomic E-state index is -0.512. The summed E-state index contributed by atoms with van der Waals surface area (Å²) < 4.78 is 0. The zero-order valence-electron chi connectivity index (χ0n) is 17.5. The molecular formula is C23H25ClN4O4. The summed E-state index contributed by atoms with van der Waals surface area (Å²) >= 11 is 5.89. The van der Waals surface area contributed by atoms with E-state index in [1.807, 2.05) is 0 Å². The van der Waals surface area contributed by atoms with Crippen LogP contribution in [0.4, 0.5) is 5.69 Å². The van der Waals surface area contributed by atoms with E-state index in [0.717, 1.165) is 0 Å². The zero-order chi connectivity index (χ0) is 23.1. The number of anilines is 1. The Bertz CT molecular complexity index is 1010. The fourth-order valence-corrected chi connectivity index (χ4v) is 3.70. The van der Waals surface area contributed by atoms with E-state index in [1.54, 1.807) is 53.4 Å². The van der Waals surface area contributed by atoms with Crippen LogP contribution in [0.3, 0.4) is 0 Å². The Hall–Kier alpha value is -3.39. The molecule has 1 unspecified atom stereocenters. The lowest BCUT2D eigenvalue weighted by atomic mass is 9.96. The van der Waals surface area contributed by atoms with Crippen molar-refractivity contribution in [1.82, 2.24) is 10.2 Å². The number of carbonyl (C=O) groups excluding carboxylic acids is 4. The van der Waals surface area contributed by atoms with Crippen LogP contribution in [0.15, 0.2) is 48.5 Å². The van der Waals surface area contributed by atoms with E-state index in [0.29, 0.717) is 42.2 Å². The summed E-state index contributed by atoms with van der Waals surface area (Å²) in [5, 5.41) is 5.99. The fourth-order valence-electron chi connectivity index (χ4n) is 3.57. The van der Waals surface area contributed by atoms with Gasteiger partial charge in [0.25, 0.3) is 11.8 Å². The topological polar surface area (TPSA) is 122 Å². The van der Waals surface area contributed by atoms with E-state index in [9.17, 15) is 19.2 Å². The number of nitrogens with one attached hydrogen (secondary N) is 2. The van der Waals surface area contributed by atoms with E-state index in [-0.39, 0.29) is 30.3 Å². The molecule has 1 fully saturated rings. The van der Waals surface area contributed by atoms with Gasteiger partial charge in [0.05, 0.1) is 17.2 Å². The van der Waals surface area contributed by atoms with Gasteiger partial charge in [-0.2, -0.15) is 0 Å². The van der Waals surface area contributed by atoms with Crippen LogP contribution in [-0.2, 0) is 9.59 Å². The maximum Gasteiger partial charge on any atom is 0.253 e. The Balaban J connectivity index is 1.64. The van der Waals surface area contributed by atoms with Crippen molar-refractivity contribution in [2.75, 3.05) is 25.0 Å². The molecule has 0 spiro atoms. The van der Waals surface area contributed by atoms with Crippen LogP contribution >= 0.6 is 11.6 Å². The Kier molecular flexibility index (Phi) is 7.83. The molecule has 1 aliphatic heterocycles. The van der Waals surface area contributed by atoms with Crippen molar-refractivity contribution in [3.05, 3.63) is 64.7 Å². The summed E-state index contributed by atoms with van der Waals surface area (Å²) in [5.74, 6) is -1.72. The van der Waals surface area contributed by atoms with Crippen LogP contribution < -0.4 is 16.4 Å². The number of primary amides is 1. The lowest BCUT2D eigenvalue weighted by Gasteiger charge is -2.32. The first kappa shape index (κ1) is 23.3. The van der Waals surface area contributed by atoms with Gasteiger partial charge in [0.2, 0.25) is 11.8 Å². The molecule has 32 heavy (non-hydrogen) atoms. The number of halogens is 1. The third-order valence-electron chi connectivity index (χ3n) is 5.26. The Morgan fingerprint density at radius 2 is 1.78 bits per heavy atom. The normalized spacial score (nSPS) is 15.7.